The van der Waals surface area contributed by atoms with Crippen molar-refractivity contribution in [1.82, 2.24) is 4.90 Å². The standard InChI is InChI=1S/C29H28N2O4/c1-34-25-16-14-24(15-17-25)31-26(18-13-22-9-4-2-5-10-22)29(27(31)32)19-8-20-30(29)28(33)35-21-23-11-6-3-7-12-23/h2-7,9-18,26H,8,19-21H2,1H3/b18-13+/t26-,29+/m0/s1. The number of rotatable bonds is 6. The molecule has 0 radical (unpaired) electrons. The second kappa shape index (κ2) is 9.66. The van der Waals surface area contributed by atoms with E-state index < -0.39 is 11.6 Å². The second-order valence-electron chi connectivity index (χ2n) is 8.81. The zero-order chi connectivity index (χ0) is 24.3. The van der Waals surface area contributed by atoms with Gasteiger partial charge in [0, 0.05) is 12.2 Å². The average molecular weight is 469 g/mol. The molecule has 35 heavy (non-hydrogen) atoms. The number of amides is 2. The lowest BCUT2D eigenvalue weighted by Crippen LogP contribution is -2.78. The topological polar surface area (TPSA) is 59.1 Å². The van der Waals surface area contributed by atoms with Crippen molar-refractivity contribution in [2.24, 2.45) is 0 Å². The van der Waals surface area contributed by atoms with Crippen LogP contribution in [0, 0.1) is 0 Å². The van der Waals surface area contributed by atoms with E-state index in [0.29, 0.717) is 13.0 Å². The predicted octanol–water partition coefficient (Wildman–Crippen LogP) is 5.30. The lowest BCUT2D eigenvalue weighted by atomic mass is 9.75. The van der Waals surface area contributed by atoms with Gasteiger partial charge in [-0.1, -0.05) is 72.8 Å². The zero-order valence-electron chi connectivity index (χ0n) is 19.7. The molecule has 5 rings (SSSR count). The van der Waals surface area contributed by atoms with E-state index in [0.717, 1.165) is 29.0 Å². The van der Waals surface area contributed by atoms with Crippen LogP contribution in [0.5, 0.6) is 5.75 Å². The number of β-lactam (4-membered cyclic amide) rings is 1. The summed E-state index contributed by atoms with van der Waals surface area (Å²) in [6.07, 6.45) is 4.94. The number of ether oxygens (including phenoxy) is 2. The number of carbonyl (C=O) groups is 2. The van der Waals surface area contributed by atoms with Gasteiger partial charge in [0.2, 0.25) is 0 Å². The van der Waals surface area contributed by atoms with E-state index in [1.54, 1.807) is 16.9 Å². The molecular weight excluding hydrogens is 440 g/mol. The van der Waals surface area contributed by atoms with E-state index in [4.69, 9.17) is 9.47 Å². The van der Waals surface area contributed by atoms with Crippen LogP contribution in [-0.4, -0.2) is 42.1 Å². The summed E-state index contributed by atoms with van der Waals surface area (Å²) in [6, 6.07) is 26.6. The Kier molecular flexibility index (Phi) is 6.27. The van der Waals surface area contributed by atoms with E-state index in [1.165, 1.54) is 0 Å². The minimum absolute atomic E-state index is 0.0838. The quantitative estimate of drug-likeness (QED) is 0.461. The number of hydrogen-bond donors (Lipinski definition) is 0. The lowest BCUT2D eigenvalue weighted by molar-refractivity contribution is -0.138. The van der Waals surface area contributed by atoms with Crippen molar-refractivity contribution in [3.05, 3.63) is 102 Å². The number of hydrogen-bond acceptors (Lipinski definition) is 4. The molecule has 2 atom stereocenters. The molecule has 6 nitrogen and oxygen atoms in total. The molecule has 0 unspecified atom stereocenters. The highest BCUT2D eigenvalue weighted by molar-refractivity contribution is 6.11. The molecule has 178 valence electrons. The molecule has 0 saturated carbocycles. The summed E-state index contributed by atoms with van der Waals surface area (Å²) < 4.78 is 10.9. The van der Waals surface area contributed by atoms with Crippen LogP contribution >= 0.6 is 0 Å². The first-order valence-electron chi connectivity index (χ1n) is 11.8. The van der Waals surface area contributed by atoms with Gasteiger partial charge >= 0.3 is 6.09 Å². The van der Waals surface area contributed by atoms with E-state index >= 15 is 0 Å². The second-order valence-corrected chi connectivity index (χ2v) is 8.81. The van der Waals surface area contributed by atoms with Crippen molar-refractivity contribution in [2.75, 3.05) is 18.6 Å². The highest BCUT2D eigenvalue weighted by Gasteiger charge is 2.66. The largest absolute Gasteiger partial charge is 0.497 e. The highest BCUT2D eigenvalue weighted by atomic mass is 16.6. The Balaban J connectivity index is 1.44. The molecule has 0 N–H and O–H groups in total. The van der Waals surface area contributed by atoms with Gasteiger partial charge in [-0.15, -0.1) is 0 Å². The van der Waals surface area contributed by atoms with Crippen molar-refractivity contribution < 1.29 is 19.1 Å². The monoisotopic (exact) mass is 468 g/mol. The number of benzene rings is 3. The maximum Gasteiger partial charge on any atom is 0.411 e. The Morgan fingerprint density at radius 3 is 2.37 bits per heavy atom. The summed E-state index contributed by atoms with van der Waals surface area (Å²) in [5.41, 5.74) is 1.77. The third kappa shape index (κ3) is 4.16. The fraction of sp³-hybridized carbons (Fsp3) is 0.241. The Morgan fingerprint density at radius 1 is 1.00 bits per heavy atom. The zero-order valence-corrected chi connectivity index (χ0v) is 19.7. The summed E-state index contributed by atoms with van der Waals surface area (Å²) in [5.74, 6) is 0.638. The van der Waals surface area contributed by atoms with Crippen molar-refractivity contribution in [1.29, 1.82) is 0 Å². The van der Waals surface area contributed by atoms with Crippen LogP contribution in [0.1, 0.15) is 24.0 Å². The van der Waals surface area contributed by atoms with Gasteiger partial charge in [-0.2, -0.15) is 0 Å². The highest BCUT2D eigenvalue weighted by Crippen LogP contribution is 2.47. The maximum atomic E-state index is 13.8. The summed E-state index contributed by atoms with van der Waals surface area (Å²) in [4.78, 5) is 30.4. The smallest absolute Gasteiger partial charge is 0.411 e. The van der Waals surface area contributed by atoms with Gasteiger partial charge in [0.15, 0.2) is 0 Å². The molecule has 0 aliphatic carbocycles. The molecule has 3 aromatic rings. The fourth-order valence-corrected chi connectivity index (χ4v) is 5.06. The number of methoxy groups -OCH3 is 1. The van der Waals surface area contributed by atoms with Crippen LogP contribution in [0.3, 0.4) is 0 Å². The van der Waals surface area contributed by atoms with Crippen LogP contribution in [0.25, 0.3) is 6.08 Å². The minimum atomic E-state index is -0.945. The van der Waals surface area contributed by atoms with Crippen LogP contribution in [0.2, 0.25) is 0 Å². The van der Waals surface area contributed by atoms with Gasteiger partial charge in [-0.05, 0) is 48.2 Å². The Labute approximate surface area is 205 Å². The molecule has 6 heteroatoms. The summed E-state index contributed by atoms with van der Waals surface area (Å²) >= 11 is 0. The van der Waals surface area contributed by atoms with E-state index in [1.807, 2.05) is 97.1 Å². The first-order valence-corrected chi connectivity index (χ1v) is 11.8. The molecular formula is C29H28N2O4. The van der Waals surface area contributed by atoms with Gasteiger partial charge in [0.1, 0.15) is 17.9 Å². The first-order chi connectivity index (χ1) is 17.1. The van der Waals surface area contributed by atoms with Crippen LogP contribution in [0.15, 0.2) is 91.0 Å². The predicted molar refractivity (Wildman–Crippen MR) is 135 cm³/mol. The van der Waals surface area contributed by atoms with Gasteiger partial charge in [-0.3, -0.25) is 9.69 Å². The van der Waals surface area contributed by atoms with Gasteiger partial charge in [0.25, 0.3) is 5.91 Å². The third-order valence-corrected chi connectivity index (χ3v) is 6.82. The molecule has 2 amide bonds. The Morgan fingerprint density at radius 2 is 1.69 bits per heavy atom. The van der Waals surface area contributed by atoms with Crippen molar-refractivity contribution >= 4 is 23.8 Å². The Bertz CT molecular complexity index is 1210. The van der Waals surface area contributed by atoms with Crippen LogP contribution in [-0.2, 0) is 16.1 Å². The van der Waals surface area contributed by atoms with Gasteiger partial charge in [-0.25, -0.2) is 4.79 Å². The normalized spacial score (nSPS) is 21.4. The Hall–Kier alpha value is -4.06. The fourth-order valence-electron chi connectivity index (χ4n) is 5.06. The number of anilines is 1. The molecule has 0 aromatic heterocycles. The minimum Gasteiger partial charge on any atom is -0.497 e. The first kappa shape index (κ1) is 22.7. The van der Waals surface area contributed by atoms with Crippen LogP contribution in [0.4, 0.5) is 10.5 Å². The SMILES string of the molecule is COc1ccc(N2C(=O)[C@@]3(CCCN3C(=O)OCc3ccccc3)[C@@H]2/C=C/c2ccccc2)cc1. The lowest BCUT2D eigenvalue weighted by Gasteiger charge is -2.56. The summed E-state index contributed by atoms with van der Waals surface area (Å²) in [5, 5.41) is 0. The molecule has 2 saturated heterocycles. The third-order valence-electron chi connectivity index (χ3n) is 6.82. The van der Waals surface area contributed by atoms with Crippen molar-refractivity contribution in [2.45, 2.75) is 31.0 Å². The maximum absolute atomic E-state index is 13.8. The molecule has 2 aliphatic heterocycles. The van der Waals surface area contributed by atoms with Crippen molar-refractivity contribution in [3.63, 3.8) is 0 Å². The molecule has 2 aliphatic rings. The van der Waals surface area contributed by atoms with E-state index in [-0.39, 0.29) is 18.6 Å². The van der Waals surface area contributed by atoms with Gasteiger partial charge < -0.3 is 14.4 Å². The number of carbonyl (C=O) groups excluding carboxylic acids is 2. The molecule has 0 bridgehead atoms. The molecule has 3 aromatic carbocycles. The molecule has 2 heterocycles. The van der Waals surface area contributed by atoms with E-state index in [2.05, 4.69) is 0 Å². The van der Waals surface area contributed by atoms with Crippen molar-refractivity contribution in [3.8, 4) is 5.75 Å². The van der Waals surface area contributed by atoms with E-state index in [9.17, 15) is 9.59 Å². The number of nitrogens with zero attached hydrogens (tertiary/aromatic N) is 2. The molecule has 2 fully saturated rings. The average Bonchev–Trinajstić information content (AvgIpc) is 3.38. The molecule has 1 spiro atoms. The summed E-state index contributed by atoms with van der Waals surface area (Å²) in [7, 11) is 1.61. The summed E-state index contributed by atoms with van der Waals surface area (Å²) in [6.45, 7) is 0.665. The van der Waals surface area contributed by atoms with Gasteiger partial charge in [0.05, 0.1) is 13.2 Å². The van der Waals surface area contributed by atoms with Crippen LogP contribution < -0.4 is 9.64 Å². The number of likely N-dealkylation sites (tertiary alicyclic amines) is 1.